The Labute approximate surface area is 177 Å². The zero-order valence-corrected chi connectivity index (χ0v) is 17.5. The first-order valence-corrected chi connectivity index (χ1v) is 10.2. The number of hydrogen-bond donors (Lipinski definition) is 0. The maximum Gasteiger partial charge on any atom is 0.252 e. The van der Waals surface area contributed by atoms with Gasteiger partial charge in [-0.1, -0.05) is 24.8 Å². The molecule has 2 aliphatic rings. The molecular weight excluding hydrogens is 378 g/mol. The number of rotatable bonds is 5. The lowest BCUT2D eigenvalue weighted by molar-refractivity contribution is -0.125. The Morgan fingerprint density at radius 1 is 1.27 bits per heavy atom. The number of pyridine rings is 1. The molecule has 0 bridgehead atoms. The predicted octanol–water partition coefficient (Wildman–Crippen LogP) is 3.42. The Kier molecular flexibility index (Phi) is 5.86. The lowest BCUT2D eigenvalue weighted by Crippen LogP contribution is -2.43. The third-order valence-electron chi connectivity index (χ3n) is 5.72. The molecule has 2 aliphatic heterocycles. The molecule has 0 spiro atoms. The van der Waals surface area contributed by atoms with Crippen LogP contribution in [0.5, 0.6) is 5.75 Å². The van der Waals surface area contributed by atoms with Crippen LogP contribution in [0, 0.1) is 0 Å². The number of allylic oxidation sites excluding steroid dienone is 1. The van der Waals surface area contributed by atoms with Gasteiger partial charge in [0.2, 0.25) is 0 Å². The van der Waals surface area contributed by atoms with E-state index in [1.165, 1.54) is 5.56 Å². The number of ether oxygens (including phenoxy) is 2. The summed E-state index contributed by atoms with van der Waals surface area (Å²) in [6, 6.07) is 10.0. The zero-order valence-electron chi connectivity index (χ0n) is 17.5. The molecule has 30 heavy (non-hydrogen) atoms. The van der Waals surface area contributed by atoms with Crippen molar-refractivity contribution in [3.8, 4) is 5.75 Å². The van der Waals surface area contributed by atoms with Crippen molar-refractivity contribution in [1.29, 1.82) is 0 Å². The third kappa shape index (κ3) is 4.09. The van der Waals surface area contributed by atoms with Gasteiger partial charge in [0.05, 0.1) is 13.2 Å². The molecule has 1 aromatic carbocycles. The minimum absolute atomic E-state index is 0.110. The summed E-state index contributed by atoms with van der Waals surface area (Å²) in [4.78, 5) is 20.5. The van der Waals surface area contributed by atoms with Crippen LogP contribution in [0.2, 0.25) is 0 Å². The van der Waals surface area contributed by atoms with Gasteiger partial charge in [0.1, 0.15) is 17.7 Å². The van der Waals surface area contributed by atoms with Crippen molar-refractivity contribution < 1.29 is 14.3 Å². The van der Waals surface area contributed by atoms with Crippen LogP contribution in [0.4, 0.5) is 0 Å². The van der Waals surface area contributed by atoms with E-state index in [0.717, 1.165) is 35.5 Å². The second-order valence-corrected chi connectivity index (χ2v) is 7.62. The highest BCUT2D eigenvalue weighted by Gasteiger charge is 2.29. The normalized spacial score (nSPS) is 18.5. The number of carbonyl (C=O) groups is 1. The molecule has 1 fully saturated rings. The van der Waals surface area contributed by atoms with E-state index in [4.69, 9.17) is 9.47 Å². The van der Waals surface area contributed by atoms with Crippen molar-refractivity contribution in [2.75, 3.05) is 33.4 Å². The molecule has 156 valence electrons. The van der Waals surface area contributed by atoms with Crippen LogP contribution in [-0.2, 0) is 16.0 Å². The van der Waals surface area contributed by atoms with E-state index in [-0.39, 0.29) is 12.0 Å². The Morgan fingerprint density at radius 2 is 2.07 bits per heavy atom. The first-order valence-electron chi connectivity index (χ1n) is 10.2. The number of amides is 1. The SMILES string of the molecule is C=C(N1CCOC(c2cccc3c2OCC3)C1)N(C)C(=O)/C=C(\C)c1ccncc1. The van der Waals surface area contributed by atoms with Gasteiger partial charge in [-0.2, -0.15) is 0 Å². The number of carbonyl (C=O) groups excluding carboxylic acids is 1. The van der Waals surface area contributed by atoms with Crippen molar-refractivity contribution >= 4 is 11.5 Å². The molecular formula is C24H27N3O3. The number of fused-ring (bicyclic) bond motifs is 1. The lowest BCUT2D eigenvalue weighted by atomic mass is 10.0. The third-order valence-corrected chi connectivity index (χ3v) is 5.72. The second kappa shape index (κ2) is 8.71. The number of morpholine rings is 1. The van der Waals surface area contributed by atoms with Crippen LogP contribution in [0.1, 0.15) is 29.7 Å². The number of likely N-dealkylation sites (N-methyl/N-ethyl adjacent to an activating group) is 1. The first-order chi connectivity index (χ1) is 14.5. The Bertz CT molecular complexity index is 971. The monoisotopic (exact) mass is 405 g/mol. The molecule has 1 saturated heterocycles. The van der Waals surface area contributed by atoms with Gasteiger partial charge in [-0.25, -0.2) is 0 Å². The van der Waals surface area contributed by atoms with Crippen LogP contribution >= 0.6 is 0 Å². The van der Waals surface area contributed by atoms with Gasteiger partial charge in [0, 0.05) is 50.6 Å². The average Bonchev–Trinajstić information content (AvgIpc) is 3.27. The van der Waals surface area contributed by atoms with E-state index >= 15 is 0 Å². The summed E-state index contributed by atoms with van der Waals surface area (Å²) in [6.07, 6.45) is 5.90. The van der Waals surface area contributed by atoms with E-state index in [1.807, 2.05) is 19.1 Å². The highest BCUT2D eigenvalue weighted by atomic mass is 16.5. The average molecular weight is 405 g/mol. The molecule has 0 aliphatic carbocycles. The molecule has 6 heteroatoms. The van der Waals surface area contributed by atoms with Crippen molar-refractivity contribution in [2.24, 2.45) is 0 Å². The van der Waals surface area contributed by atoms with Gasteiger partial charge < -0.3 is 14.4 Å². The number of nitrogens with zero attached hydrogens (tertiary/aromatic N) is 3. The molecule has 0 radical (unpaired) electrons. The fraction of sp³-hybridized carbons (Fsp3) is 0.333. The van der Waals surface area contributed by atoms with Gasteiger partial charge in [0.25, 0.3) is 5.91 Å². The Morgan fingerprint density at radius 3 is 2.87 bits per heavy atom. The van der Waals surface area contributed by atoms with Crippen LogP contribution in [0.3, 0.4) is 0 Å². The number of hydrogen-bond acceptors (Lipinski definition) is 5. The molecule has 1 aromatic heterocycles. The molecule has 4 rings (SSSR count). The highest BCUT2D eigenvalue weighted by molar-refractivity contribution is 5.95. The van der Waals surface area contributed by atoms with Crippen molar-refractivity contribution in [3.63, 3.8) is 0 Å². The van der Waals surface area contributed by atoms with E-state index in [9.17, 15) is 4.79 Å². The van der Waals surface area contributed by atoms with Gasteiger partial charge in [-0.3, -0.25) is 14.7 Å². The van der Waals surface area contributed by atoms with Crippen LogP contribution < -0.4 is 4.74 Å². The van der Waals surface area contributed by atoms with E-state index in [0.29, 0.717) is 25.5 Å². The smallest absolute Gasteiger partial charge is 0.252 e. The Hall–Kier alpha value is -3.12. The minimum Gasteiger partial charge on any atom is -0.493 e. The fourth-order valence-corrected chi connectivity index (χ4v) is 3.89. The topological polar surface area (TPSA) is 54.9 Å². The number of aromatic nitrogens is 1. The molecule has 3 heterocycles. The van der Waals surface area contributed by atoms with E-state index < -0.39 is 0 Å². The molecule has 1 unspecified atom stereocenters. The minimum atomic E-state index is -0.110. The zero-order chi connectivity index (χ0) is 21.1. The van der Waals surface area contributed by atoms with Gasteiger partial charge >= 0.3 is 0 Å². The molecule has 1 amide bonds. The van der Waals surface area contributed by atoms with Crippen LogP contribution in [0.25, 0.3) is 5.57 Å². The summed E-state index contributed by atoms with van der Waals surface area (Å²) in [5, 5.41) is 0. The summed E-state index contributed by atoms with van der Waals surface area (Å²) < 4.78 is 11.9. The second-order valence-electron chi connectivity index (χ2n) is 7.62. The Balaban J connectivity index is 1.45. The van der Waals surface area contributed by atoms with Crippen molar-refractivity contribution in [2.45, 2.75) is 19.4 Å². The van der Waals surface area contributed by atoms with E-state index in [2.05, 4.69) is 34.7 Å². The molecule has 0 saturated carbocycles. The summed E-state index contributed by atoms with van der Waals surface area (Å²) in [7, 11) is 1.76. The summed E-state index contributed by atoms with van der Waals surface area (Å²) in [5.41, 5.74) is 4.17. The predicted molar refractivity (Wildman–Crippen MR) is 116 cm³/mol. The lowest BCUT2D eigenvalue weighted by Gasteiger charge is -2.38. The summed E-state index contributed by atoms with van der Waals surface area (Å²) in [6.45, 7) is 8.71. The molecule has 0 N–H and O–H groups in total. The molecule has 6 nitrogen and oxygen atoms in total. The number of para-hydroxylation sites is 1. The number of benzene rings is 1. The quantitative estimate of drug-likeness (QED) is 0.714. The largest absolute Gasteiger partial charge is 0.493 e. The van der Waals surface area contributed by atoms with Gasteiger partial charge in [0.15, 0.2) is 0 Å². The summed E-state index contributed by atoms with van der Waals surface area (Å²) >= 11 is 0. The van der Waals surface area contributed by atoms with Gasteiger partial charge in [-0.05, 0) is 35.8 Å². The highest BCUT2D eigenvalue weighted by Crippen LogP contribution is 2.36. The van der Waals surface area contributed by atoms with Crippen LogP contribution in [0.15, 0.2) is 61.2 Å². The fourth-order valence-electron chi connectivity index (χ4n) is 3.89. The van der Waals surface area contributed by atoms with E-state index in [1.54, 1.807) is 30.4 Å². The first kappa shape index (κ1) is 20.2. The van der Waals surface area contributed by atoms with Gasteiger partial charge in [-0.15, -0.1) is 0 Å². The maximum atomic E-state index is 12.8. The molecule has 1 atom stereocenters. The van der Waals surface area contributed by atoms with Crippen molar-refractivity contribution in [1.82, 2.24) is 14.8 Å². The maximum absolute atomic E-state index is 12.8. The molecule has 2 aromatic rings. The van der Waals surface area contributed by atoms with Crippen molar-refractivity contribution in [3.05, 3.63) is 77.9 Å². The summed E-state index contributed by atoms with van der Waals surface area (Å²) in [5.74, 6) is 1.51. The van der Waals surface area contributed by atoms with Crippen LogP contribution in [-0.4, -0.2) is 54.0 Å². The standard InChI is InChI=1S/C24H27N3O3/c1-17(19-7-10-25-11-8-19)15-23(28)26(3)18(2)27-12-14-29-22(16-27)21-6-4-5-20-9-13-30-24(20)21/h4-8,10-11,15,22H,2,9,12-14,16H2,1,3H3/b17-15+.